The van der Waals surface area contributed by atoms with E-state index in [1.807, 2.05) is 12.1 Å². The Morgan fingerprint density at radius 2 is 2.00 bits per heavy atom. The SMILES string of the molecule is CCC(C)C(CO)c1ccc(Cl)cc1Cl. The number of benzene rings is 1. The Morgan fingerprint density at radius 1 is 1.33 bits per heavy atom. The Bertz CT molecular complexity index is 325. The normalized spacial score (nSPS) is 15.0. The molecule has 1 aromatic rings. The van der Waals surface area contributed by atoms with Gasteiger partial charge in [0.1, 0.15) is 0 Å². The Hall–Kier alpha value is -0.240. The maximum Gasteiger partial charge on any atom is 0.0502 e. The van der Waals surface area contributed by atoms with Crippen molar-refractivity contribution < 1.29 is 5.11 Å². The fraction of sp³-hybridized carbons (Fsp3) is 0.500. The summed E-state index contributed by atoms with van der Waals surface area (Å²) in [6.07, 6.45) is 1.02. The first-order valence-electron chi connectivity index (χ1n) is 5.16. The van der Waals surface area contributed by atoms with Gasteiger partial charge in [0.15, 0.2) is 0 Å². The summed E-state index contributed by atoms with van der Waals surface area (Å²) in [5.74, 6) is 0.508. The first-order valence-corrected chi connectivity index (χ1v) is 5.91. The van der Waals surface area contributed by atoms with Crippen molar-refractivity contribution in [2.45, 2.75) is 26.2 Å². The van der Waals surface area contributed by atoms with Gasteiger partial charge in [-0.15, -0.1) is 0 Å². The van der Waals surface area contributed by atoms with Crippen molar-refractivity contribution in [1.29, 1.82) is 0 Å². The minimum Gasteiger partial charge on any atom is -0.396 e. The summed E-state index contributed by atoms with van der Waals surface area (Å²) in [4.78, 5) is 0. The number of hydrogen-bond acceptors (Lipinski definition) is 1. The highest BCUT2D eigenvalue weighted by atomic mass is 35.5. The van der Waals surface area contributed by atoms with Crippen LogP contribution in [0.15, 0.2) is 18.2 Å². The van der Waals surface area contributed by atoms with Crippen LogP contribution in [-0.4, -0.2) is 11.7 Å². The lowest BCUT2D eigenvalue weighted by Crippen LogP contribution is -2.13. The first kappa shape index (κ1) is 12.8. The molecule has 3 heteroatoms. The van der Waals surface area contributed by atoms with Crippen molar-refractivity contribution in [1.82, 2.24) is 0 Å². The Kier molecular flexibility index (Phi) is 4.91. The lowest BCUT2D eigenvalue weighted by Gasteiger charge is -2.22. The second-order valence-electron chi connectivity index (χ2n) is 3.84. The third kappa shape index (κ3) is 3.10. The van der Waals surface area contributed by atoms with Crippen molar-refractivity contribution in [3.63, 3.8) is 0 Å². The van der Waals surface area contributed by atoms with Crippen molar-refractivity contribution in [3.8, 4) is 0 Å². The standard InChI is InChI=1S/C12H16Cl2O/c1-3-8(2)11(7-15)10-5-4-9(13)6-12(10)14/h4-6,8,11,15H,3,7H2,1-2H3. The molecule has 1 N–H and O–H groups in total. The van der Waals surface area contributed by atoms with Crippen LogP contribution in [0.1, 0.15) is 31.7 Å². The minimum absolute atomic E-state index is 0.0970. The average Bonchev–Trinajstić information content (AvgIpc) is 2.21. The molecule has 84 valence electrons. The molecule has 0 aliphatic carbocycles. The number of halogens is 2. The van der Waals surface area contributed by atoms with Crippen LogP contribution in [0.5, 0.6) is 0 Å². The molecule has 15 heavy (non-hydrogen) atoms. The molecule has 1 rings (SSSR count). The zero-order valence-corrected chi connectivity index (χ0v) is 10.5. The maximum atomic E-state index is 9.38. The van der Waals surface area contributed by atoms with Gasteiger partial charge in [-0.2, -0.15) is 0 Å². The van der Waals surface area contributed by atoms with E-state index in [2.05, 4.69) is 13.8 Å². The lowest BCUT2D eigenvalue weighted by molar-refractivity contribution is 0.229. The topological polar surface area (TPSA) is 20.2 Å². The molecule has 0 aromatic heterocycles. The summed E-state index contributed by atoms with van der Waals surface area (Å²) in [6.45, 7) is 4.35. The Morgan fingerprint density at radius 3 is 2.47 bits per heavy atom. The monoisotopic (exact) mass is 246 g/mol. The molecule has 2 unspecified atom stereocenters. The van der Waals surface area contributed by atoms with Gasteiger partial charge in [-0.1, -0.05) is 49.5 Å². The quantitative estimate of drug-likeness (QED) is 0.848. The van der Waals surface area contributed by atoms with Crippen LogP contribution in [0.25, 0.3) is 0 Å². The van der Waals surface area contributed by atoms with Crippen molar-refractivity contribution in [3.05, 3.63) is 33.8 Å². The van der Waals surface area contributed by atoms with Gasteiger partial charge in [-0.05, 0) is 23.6 Å². The first-order chi connectivity index (χ1) is 7.10. The smallest absolute Gasteiger partial charge is 0.0502 e. The highest BCUT2D eigenvalue weighted by molar-refractivity contribution is 6.35. The summed E-state index contributed by atoms with van der Waals surface area (Å²) < 4.78 is 0. The zero-order valence-electron chi connectivity index (χ0n) is 9.00. The van der Waals surface area contributed by atoms with Crippen LogP contribution in [0, 0.1) is 5.92 Å². The summed E-state index contributed by atoms with van der Waals surface area (Å²) in [5.41, 5.74) is 0.984. The van der Waals surface area contributed by atoms with E-state index in [1.54, 1.807) is 6.07 Å². The van der Waals surface area contributed by atoms with Crippen molar-refractivity contribution in [2.75, 3.05) is 6.61 Å². The largest absolute Gasteiger partial charge is 0.396 e. The van der Waals surface area contributed by atoms with Crippen LogP contribution in [0.2, 0.25) is 10.0 Å². The summed E-state index contributed by atoms with van der Waals surface area (Å²) >= 11 is 11.9. The highest BCUT2D eigenvalue weighted by Crippen LogP contribution is 2.33. The number of hydrogen-bond donors (Lipinski definition) is 1. The minimum atomic E-state index is 0.0970. The van der Waals surface area contributed by atoms with Crippen molar-refractivity contribution >= 4 is 23.2 Å². The van der Waals surface area contributed by atoms with Crippen LogP contribution < -0.4 is 0 Å². The zero-order chi connectivity index (χ0) is 11.4. The molecular weight excluding hydrogens is 231 g/mol. The van der Waals surface area contributed by atoms with Gasteiger partial charge >= 0.3 is 0 Å². The van der Waals surface area contributed by atoms with E-state index >= 15 is 0 Å². The summed E-state index contributed by atoms with van der Waals surface area (Å²) in [6, 6.07) is 5.44. The summed E-state index contributed by atoms with van der Waals surface area (Å²) in [5, 5.41) is 10.7. The molecule has 2 atom stereocenters. The molecule has 0 heterocycles. The number of aliphatic hydroxyl groups excluding tert-OH is 1. The molecule has 0 fully saturated rings. The van der Waals surface area contributed by atoms with E-state index in [9.17, 15) is 5.11 Å². The Labute approximate surface area is 101 Å². The van der Waals surface area contributed by atoms with Gasteiger partial charge < -0.3 is 5.11 Å². The molecule has 0 radical (unpaired) electrons. The van der Waals surface area contributed by atoms with Crippen LogP contribution >= 0.6 is 23.2 Å². The Balaban J connectivity index is 3.01. The van der Waals surface area contributed by atoms with E-state index in [0.717, 1.165) is 12.0 Å². The van der Waals surface area contributed by atoms with Gasteiger partial charge in [0.2, 0.25) is 0 Å². The predicted octanol–water partition coefficient (Wildman–Crippen LogP) is 4.12. The highest BCUT2D eigenvalue weighted by Gasteiger charge is 2.19. The second kappa shape index (κ2) is 5.74. The molecule has 1 nitrogen and oxygen atoms in total. The average molecular weight is 247 g/mol. The fourth-order valence-corrected chi connectivity index (χ4v) is 2.22. The molecule has 1 aromatic carbocycles. The van der Waals surface area contributed by atoms with Gasteiger partial charge in [0.25, 0.3) is 0 Å². The number of rotatable bonds is 4. The predicted molar refractivity (Wildman–Crippen MR) is 65.7 cm³/mol. The van der Waals surface area contributed by atoms with E-state index in [4.69, 9.17) is 23.2 Å². The molecule has 0 aliphatic rings. The van der Waals surface area contributed by atoms with E-state index < -0.39 is 0 Å². The number of aliphatic hydroxyl groups is 1. The molecule has 0 aliphatic heterocycles. The lowest BCUT2D eigenvalue weighted by atomic mass is 9.86. The van der Waals surface area contributed by atoms with E-state index in [0.29, 0.717) is 16.0 Å². The third-order valence-electron chi connectivity index (χ3n) is 2.89. The van der Waals surface area contributed by atoms with Crippen LogP contribution in [0.4, 0.5) is 0 Å². The molecule has 0 bridgehead atoms. The second-order valence-corrected chi connectivity index (χ2v) is 4.68. The van der Waals surface area contributed by atoms with Crippen LogP contribution in [-0.2, 0) is 0 Å². The van der Waals surface area contributed by atoms with Gasteiger partial charge in [0, 0.05) is 16.0 Å². The molecular formula is C12H16Cl2O. The molecule has 0 amide bonds. The van der Waals surface area contributed by atoms with E-state index in [-0.39, 0.29) is 12.5 Å². The van der Waals surface area contributed by atoms with Gasteiger partial charge in [0.05, 0.1) is 6.61 Å². The fourth-order valence-electron chi connectivity index (χ4n) is 1.67. The van der Waals surface area contributed by atoms with Gasteiger partial charge in [-0.25, -0.2) is 0 Å². The van der Waals surface area contributed by atoms with Gasteiger partial charge in [-0.3, -0.25) is 0 Å². The van der Waals surface area contributed by atoms with Crippen LogP contribution in [0.3, 0.4) is 0 Å². The molecule has 0 saturated carbocycles. The maximum absolute atomic E-state index is 9.38. The third-order valence-corrected chi connectivity index (χ3v) is 3.45. The van der Waals surface area contributed by atoms with Crippen molar-refractivity contribution in [2.24, 2.45) is 5.92 Å². The molecule has 0 spiro atoms. The van der Waals surface area contributed by atoms with E-state index in [1.165, 1.54) is 0 Å². The molecule has 0 saturated heterocycles. The summed E-state index contributed by atoms with van der Waals surface area (Å²) in [7, 11) is 0.